The first kappa shape index (κ1) is 17.0. The number of hydrogen-bond donors (Lipinski definition) is 1. The van der Waals surface area contributed by atoms with Gasteiger partial charge in [0.1, 0.15) is 6.33 Å². The quantitative estimate of drug-likeness (QED) is 0.900. The zero-order chi connectivity index (χ0) is 16.9. The van der Waals surface area contributed by atoms with Gasteiger partial charge in [0.25, 0.3) is 5.91 Å². The lowest BCUT2D eigenvalue weighted by Gasteiger charge is -2.25. The molecule has 1 amide bonds. The van der Waals surface area contributed by atoms with Crippen LogP contribution < -0.4 is 5.32 Å². The molecule has 0 aliphatic carbocycles. The number of carbonyl (C=O) groups is 1. The Kier molecular flexibility index (Phi) is 5.52. The molecule has 6 nitrogen and oxygen atoms in total. The van der Waals surface area contributed by atoms with Crippen molar-refractivity contribution in [1.82, 2.24) is 19.9 Å². The lowest BCUT2D eigenvalue weighted by atomic mass is 10.1. The van der Waals surface area contributed by atoms with Crippen LogP contribution in [0.4, 0.5) is 5.13 Å². The molecule has 0 aromatic carbocycles. The molecule has 24 heavy (non-hydrogen) atoms. The van der Waals surface area contributed by atoms with Gasteiger partial charge in [0.2, 0.25) is 0 Å². The van der Waals surface area contributed by atoms with Crippen LogP contribution in [-0.2, 0) is 6.54 Å². The van der Waals surface area contributed by atoms with E-state index in [9.17, 15) is 4.79 Å². The number of aromatic nitrogens is 3. The monoisotopic (exact) mass is 345 g/mol. The molecule has 0 spiro atoms. The second-order valence-electron chi connectivity index (χ2n) is 6.41. The summed E-state index contributed by atoms with van der Waals surface area (Å²) in [5, 5.41) is 5.53. The van der Waals surface area contributed by atoms with E-state index in [0.717, 1.165) is 31.0 Å². The van der Waals surface area contributed by atoms with Gasteiger partial charge in [0.05, 0.1) is 17.0 Å². The van der Waals surface area contributed by atoms with Crippen molar-refractivity contribution >= 4 is 22.4 Å². The molecule has 3 rings (SSSR count). The minimum Gasteiger partial charge on any atom is -0.298 e. The van der Waals surface area contributed by atoms with E-state index in [1.165, 1.54) is 36.9 Å². The summed E-state index contributed by atoms with van der Waals surface area (Å²) in [4.78, 5) is 27.7. The molecule has 0 unspecified atom stereocenters. The van der Waals surface area contributed by atoms with Crippen LogP contribution in [0.15, 0.2) is 17.9 Å². The predicted molar refractivity (Wildman–Crippen MR) is 95.3 cm³/mol. The molecular formula is C17H23N5OS. The molecule has 0 radical (unpaired) electrons. The SMILES string of the molecule is CC(C)c1ncncc1C(=O)Nc1nc(CN2CCCCC2)cs1. The summed E-state index contributed by atoms with van der Waals surface area (Å²) in [6.45, 7) is 7.16. The topological polar surface area (TPSA) is 71.0 Å². The van der Waals surface area contributed by atoms with E-state index in [0.29, 0.717) is 10.7 Å². The molecule has 0 atom stereocenters. The van der Waals surface area contributed by atoms with E-state index in [-0.39, 0.29) is 11.8 Å². The number of nitrogens with one attached hydrogen (secondary N) is 1. The highest BCUT2D eigenvalue weighted by molar-refractivity contribution is 7.13. The molecule has 2 aromatic heterocycles. The Balaban J connectivity index is 1.65. The fourth-order valence-electron chi connectivity index (χ4n) is 2.92. The molecule has 1 saturated heterocycles. The molecule has 2 aromatic rings. The van der Waals surface area contributed by atoms with E-state index < -0.39 is 0 Å². The zero-order valence-corrected chi connectivity index (χ0v) is 15.0. The van der Waals surface area contributed by atoms with Gasteiger partial charge < -0.3 is 0 Å². The maximum atomic E-state index is 12.5. The molecule has 128 valence electrons. The van der Waals surface area contributed by atoms with Crippen molar-refractivity contribution in [3.63, 3.8) is 0 Å². The number of anilines is 1. The summed E-state index contributed by atoms with van der Waals surface area (Å²) in [7, 11) is 0. The van der Waals surface area contributed by atoms with Crippen LogP contribution in [0.25, 0.3) is 0 Å². The maximum absolute atomic E-state index is 12.5. The van der Waals surface area contributed by atoms with Gasteiger partial charge in [-0.3, -0.25) is 15.0 Å². The third-order valence-corrected chi connectivity index (χ3v) is 4.95. The van der Waals surface area contributed by atoms with Crippen LogP contribution in [0.5, 0.6) is 0 Å². The van der Waals surface area contributed by atoms with Crippen molar-refractivity contribution in [2.75, 3.05) is 18.4 Å². The summed E-state index contributed by atoms with van der Waals surface area (Å²) >= 11 is 1.46. The van der Waals surface area contributed by atoms with Gasteiger partial charge >= 0.3 is 0 Å². The molecule has 1 N–H and O–H groups in total. The lowest BCUT2D eigenvalue weighted by molar-refractivity contribution is 0.102. The third kappa shape index (κ3) is 4.15. The molecule has 0 bridgehead atoms. The summed E-state index contributed by atoms with van der Waals surface area (Å²) in [5.41, 5.74) is 2.29. The van der Waals surface area contributed by atoms with Crippen molar-refractivity contribution in [3.05, 3.63) is 34.9 Å². The number of amides is 1. The van der Waals surface area contributed by atoms with E-state index in [2.05, 4.69) is 25.2 Å². The first-order valence-corrected chi connectivity index (χ1v) is 9.29. The van der Waals surface area contributed by atoms with Crippen LogP contribution in [0.3, 0.4) is 0 Å². The highest BCUT2D eigenvalue weighted by atomic mass is 32.1. The van der Waals surface area contributed by atoms with Gasteiger partial charge in [-0.1, -0.05) is 20.3 Å². The molecule has 1 fully saturated rings. The Bertz CT molecular complexity index is 694. The van der Waals surface area contributed by atoms with Crippen LogP contribution in [-0.4, -0.2) is 38.8 Å². The number of rotatable bonds is 5. The Hall–Kier alpha value is -1.86. The van der Waals surface area contributed by atoms with Crippen molar-refractivity contribution in [2.24, 2.45) is 0 Å². The van der Waals surface area contributed by atoms with Crippen molar-refractivity contribution in [3.8, 4) is 0 Å². The lowest BCUT2D eigenvalue weighted by Crippen LogP contribution is -2.29. The summed E-state index contributed by atoms with van der Waals surface area (Å²) in [6, 6.07) is 0. The minimum absolute atomic E-state index is 0.166. The number of piperidine rings is 1. The molecular weight excluding hydrogens is 322 g/mol. The fraction of sp³-hybridized carbons (Fsp3) is 0.529. The average Bonchev–Trinajstić information content (AvgIpc) is 3.02. The van der Waals surface area contributed by atoms with E-state index in [4.69, 9.17) is 0 Å². The van der Waals surface area contributed by atoms with Crippen LogP contribution >= 0.6 is 11.3 Å². The van der Waals surface area contributed by atoms with E-state index in [1.807, 2.05) is 19.2 Å². The van der Waals surface area contributed by atoms with Gasteiger partial charge in [-0.2, -0.15) is 0 Å². The van der Waals surface area contributed by atoms with Crippen molar-refractivity contribution in [1.29, 1.82) is 0 Å². The van der Waals surface area contributed by atoms with Gasteiger partial charge in [0, 0.05) is 18.1 Å². The molecule has 0 saturated carbocycles. The largest absolute Gasteiger partial charge is 0.298 e. The molecule has 3 heterocycles. The first-order chi connectivity index (χ1) is 11.6. The number of carbonyl (C=O) groups excluding carboxylic acids is 1. The smallest absolute Gasteiger partial charge is 0.260 e. The second kappa shape index (κ2) is 7.81. The fourth-order valence-corrected chi connectivity index (χ4v) is 3.62. The number of thiazole rings is 1. The van der Waals surface area contributed by atoms with E-state index in [1.54, 1.807) is 6.20 Å². The second-order valence-corrected chi connectivity index (χ2v) is 7.27. The van der Waals surface area contributed by atoms with Gasteiger partial charge in [-0.25, -0.2) is 15.0 Å². The predicted octanol–water partition coefficient (Wildman–Crippen LogP) is 3.29. The standard InChI is InChI=1S/C17H23N5OS/c1-12(2)15-14(8-18-11-19-15)16(23)21-17-20-13(10-24-17)9-22-6-4-3-5-7-22/h8,10-12H,3-7,9H2,1-2H3,(H,20,21,23). The van der Waals surface area contributed by atoms with Crippen LogP contribution in [0, 0.1) is 0 Å². The minimum atomic E-state index is -0.196. The number of likely N-dealkylation sites (tertiary alicyclic amines) is 1. The number of hydrogen-bond acceptors (Lipinski definition) is 6. The average molecular weight is 345 g/mol. The van der Waals surface area contributed by atoms with Gasteiger partial charge in [-0.05, 0) is 31.8 Å². The Labute approximate surface area is 146 Å². The highest BCUT2D eigenvalue weighted by Crippen LogP contribution is 2.21. The maximum Gasteiger partial charge on any atom is 0.260 e. The molecule has 1 aliphatic heterocycles. The Morgan fingerprint density at radius 3 is 2.88 bits per heavy atom. The Morgan fingerprint density at radius 2 is 2.12 bits per heavy atom. The normalized spacial score (nSPS) is 15.6. The number of nitrogens with zero attached hydrogens (tertiary/aromatic N) is 4. The van der Waals surface area contributed by atoms with Gasteiger partial charge in [-0.15, -0.1) is 11.3 Å². The van der Waals surface area contributed by atoms with Crippen molar-refractivity contribution < 1.29 is 4.79 Å². The Morgan fingerprint density at radius 1 is 1.33 bits per heavy atom. The van der Waals surface area contributed by atoms with Gasteiger partial charge in [0.15, 0.2) is 5.13 Å². The van der Waals surface area contributed by atoms with Crippen LogP contribution in [0.2, 0.25) is 0 Å². The van der Waals surface area contributed by atoms with Crippen LogP contribution in [0.1, 0.15) is 60.8 Å². The van der Waals surface area contributed by atoms with Crippen molar-refractivity contribution in [2.45, 2.75) is 45.6 Å². The highest BCUT2D eigenvalue weighted by Gasteiger charge is 2.17. The molecule has 1 aliphatic rings. The summed E-state index contributed by atoms with van der Waals surface area (Å²) in [6.07, 6.45) is 6.90. The zero-order valence-electron chi connectivity index (χ0n) is 14.2. The van der Waals surface area contributed by atoms with E-state index >= 15 is 0 Å². The summed E-state index contributed by atoms with van der Waals surface area (Å²) in [5.74, 6) is -0.0297. The third-order valence-electron chi connectivity index (χ3n) is 4.14. The molecule has 7 heteroatoms. The first-order valence-electron chi connectivity index (χ1n) is 8.41. The summed E-state index contributed by atoms with van der Waals surface area (Å²) < 4.78 is 0.